The Morgan fingerprint density at radius 1 is 1.33 bits per heavy atom. The maximum Gasteiger partial charge on any atom is 0.162 e. The molecule has 18 heavy (non-hydrogen) atoms. The number of carbonyl (C=O) groups excluding carboxylic acids is 1. The Bertz CT molecular complexity index is 587. The molecule has 94 valence electrons. The van der Waals surface area contributed by atoms with Crippen molar-refractivity contribution in [2.45, 2.75) is 19.3 Å². The van der Waals surface area contributed by atoms with Crippen molar-refractivity contribution >= 4 is 39.2 Å². The first-order valence-electron chi connectivity index (χ1n) is 6.18. The van der Waals surface area contributed by atoms with Crippen molar-refractivity contribution in [3.05, 3.63) is 17.1 Å². The molecular weight excluding hydrogens is 246 g/mol. The average Bonchev–Trinajstić information content (AvgIpc) is 2.76. The third-order valence-corrected chi connectivity index (χ3v) is 4.48. The van der Waals surface area contributed by atoms with Crippen LogP contribution in [0.15, 0.2) is 12.3 Å². The fraction of sp³-hybridized carbons (Fsp3) is 0.385. The largest absolute Gasteiger partial charge is 0.397 e. The molecule has 0 atom stereocenters. The molecule has 0 spiro atoms. The summed E-state index contributed by atoms with van der Waals surface area (Å²) in [4.78, 5) is 19.1. The van der Waals surface area contributed by atoms with E-state index >= 15 is 0 Å². The van der Waals surface area contributed by atoms with E-state index in [1.165, 1.54) is 30.6 Å². The summed E-state index contributed by atoms with van der Waals surface area (Å²) < 4.78 is 0. The first-order chi connectivity index (χ1) is 8.81. The molecule has 2 N–H and O–H groups in total. The van der Waals surface area contributed by atoms with E-state index in [9.17, 15) is 4.79 Å². The van der Waals surface area contributed by atoms with Crippen molar-refractivity contribution in [3.8, 4) is 0 Å². The van der Waals surface area contributed by atoms with Crippen LogP contribution >= 0.6 is 11.3 Å². The minimum Gasteiger partial charge on any atom is -0.397 e. The first-order valence-corrected chi connectivity index (χ1v) is 7.00. The van der Waals surface area contributed by atoms with E-state index in [4.69, 9.17) is 5.73 Å². The highest BCUT2D eigenvalue weighted by Gasteiger charge is 2.18. The lowest BCUT2D eigenvalue weighted by molar-refractivity contribution is 0.112. The van der Waals surface area contributed by atoms with Gasteiger partial charge in [-0.25, -0.2) is 4.98 Å². The lowest BCUT2D eigenvalue weighted by atomic mass is 10.1. The second kappa shape index (κ2) is 4.57. The molecule has 1 saturated heterocycles. The number of fused-ring (bicyclic) bond motifs is 1. The number of thiophene rings is 1. The van der Waals surface area contributed by atoms with Crippen LogP contribution in [0.2, 0.25) is 0 Å². The molecule has 0 amide bonds. The maximum absolute atomic E-state index is 11.0. The van der Waals surface area contributed by atoms with Gasteiger partial charge in [-0.2, -0.15) is 0 Å². The van der Waals surface area contributed by atoms with Crippen molar-refractivity contribution in [1.82, 2.24) is 4.98 Å². The molecule has 2 aromatic heterocycles. The summed E-state index contributed by atoms with van der Waals surface area (Å²) in [5, 5.41) is 0.950. The van der Waals surface area contributed by atoms with Gasteiger partial charge in [0.05, 0.1) is 21.6 Å². The average molecular weight is 261 g/mol. The second-order valence-electron chi connectivity index (χ2n) is 4.56. The Morgan fingerprint density at radius 3 is 2.83 bits per heavy atom. The molecular formula is C13H15N3OS. The number of hydrogen-bond donors (Lipinski definition) is 1. The van der Waals surface area contributed by atoms with Crippen LogP contribution < -0.4 is 10.6 Å². The molecule has 3 rings (SSSR count). The van der Waals surface area contributed by atoms with Crippen molar-refractivity contribution < 1.29 is 4.79 Å². The molecule has 0 radical (unpaired) electrons. The highest BCUT2D eigenvalue weighted by molar-refractivity contribution is 7.21. The lowest BCUT2D eigenvalue weighted by Gasteiger charge is -2.29. The molecule has 0 bridgehead atoms. The number of nitrogens with zero attached hydrogens (tertiary/aromatic N) is 2. The summed E-state index contributed by atoms with van der Waals surface area (Å²) in [5.74, 6) is 0. The molecule has 3 heterocycles. The van der Waals surface area contributed by atoms with Crippen LogP contribution in [0.4, 0.5) is 11.4 Å². The van der Waals surface area contributed by atoms with Crippen molar-refractivity contribution in [1.29, 1.82) is 0 Å². The second-order valence-corrected chi connectivity index (χ2v) is 5.59. The Hall–Kier alpha value is -1.62. The number of pyridine rings is 1. The molecule has 1 aliphatic rings. The Balaban J connectivity index is 2.16. The van der Waals surface area contributed by atoms with Gasteiger partial charge >= 0.3 is 0 Å². The molecule has 5 heteroatoms. The van der Waals surface area contributed by atoms with E-state index < -0.39 is 0 Å². The van der Waals surface area contributed by atoms with E-state index in [0.717, 1.165) is 35.3 Å². The predicted octanol–water partition coefficient (Wildman–Crippen LogP) is 2.68. The summed E-state index contributed by atoms with van der Waals surface area (Å²) in [6.07, 6.45) is 6.35. The van der Waals surface area contributed by atoms with Crippen molar-refractivity contribution in [2.75, 3.05) is 23.7 Å². The molecule has 0 saturated carbocycles. The summed E-state index contributed by atoms with van der Waals surface area (Å²) >= 11 is 1.37. The topological polar surface area (TPSA) is 59.2 Å². The monoisotopic (exact) mass is 261 g/mol. The van der Waals surface area contributed by atoms with Gasteiger partial charge in [0, 0.05) is 19.3 Å². The number of anilines is 2. The van der Waals surface area contributed by atoms with Crippen LogP contribution in [0.25, 0.3) is 10.2 Å². The quantitative estimate of drug-likeness (QED) is 0.844. The molecule has 0 unspecified atom stereocenters. The van der Waals surface area contributed by atoms with Crippen LogP contribution in [-0.4, -0.2) is 24.4 Å². The number of piperidine rings is 1. The van der Waals surface area contributed by atoms with Gasteiger partial charge in [-0.1, -0.05) is 0 Å². The third-order valence-electron chi connectivity index (χ3n) is 3.44. The van der Waals surface area contributed by atoms with Gasteiger partial charge in [0.25, 0.3) is 0 Å². The third kappa shape index (κ3) is 1.75. The van der Waals surface area contributed by atoms with Gasteiger partial charge in [-0.05, 0) is 25.3 Å². The van der Waals surface area contributed by atoms with Gasteiger partial charge in [0.1, 0.15) is 4.83 Å². The van der Waals surface area contributed by atoms with Crippen LogP contribution in [0, 0.1) is 0 Å². The smallest absolute Gasteiger partial charge is 0.162 e. The van der Waals surface area contributed by atoms with E-state index in [1.54, 1.807) is 6.20 Å². The maximum atomic E-state index is 11.0. The Kier molecular flexibility index (Phi) is 2.91. The highest BCUT2D eigenvalue weighted by Crippen LogP contribution is 2.38. The molecule has 2 aromatic rings. The van der Waals surface area contributed by atoms with E-state index in [-0.39, 0.29) is 0 Å². The Morgan fingerprint density at radius 2 is 2.11 bits per heavy atom. The first kappa shape index (κ1) is 11.5. The van der Waals surface area contributed by atoms with Gasteiger partial charge in [-0.15, -0.1) is 11.3 Å². The predicted molar refractivity (Wildman–Crippen MR) is 75.5 cm³/mol. The van der Waals surface area contributed by atoms with E-state index in [1.807, 2.05) is 6.07 Å². The lowest BCUT2D eigenvalue weighted by Crippen LogP contribution is -2.29. The number of nitrogen functional groups attached to an aromatic ring is 1. The standard InChI is InChI=1S/C13H15N3OS/c14-12-10(8-17)18-13-11(12)9(4-5-15-13)16-6-2-1-3-7-16/h4-5,8H,1-3,6-7,14H2. The molecule has 0 aliphatic carbocycles. The zero-order valence-corrected chi connectivity index (χ0v) is 10.9. The molecule has 0 aromatic carbocycles. The SMILES string of the molecule is Nc1c(C=O)sc2nccc(N3CCCCC3)c12. The van der Waals surface area contributed by atoms with Crippen molar-refractivity contribution in [2.24, 2.45) is 0 Å². The number of hydrogen-bond acceptors (Lipinski definition) is 5. The van der Waals surface area contributed by atoms with Gasteiger partial charge in [0.15, 0.2) is 6.29 Å². The normalized spacial score (nSPS) is 16.1. The minimum atomic E-state index is 0.582. The van der Waals surface area contributed by atoms with Crippen LogP contribution in [-0.2, 0) is 0 Å². The van der Waals surface area contributed by atoms with Crippen LogP contribution in [0.1, 0.15) is 28.9 Å². The van der Waals surface area contributed by atoms with Crippen molar-refractivity contribution in [3.63, 3.8) is 0 Å². The number of rotatable bonds is 2. The number of aldehydes is 1. The summed E-state index contributed by atoms with van der Waals surface area (Å²) in [5.41, 5.74) is 7.78. The number of carbonyl (C=O) groups is 1. The summed E-state index contributed by atoms with van der Waals surface area (Å²) in [6.45, 7) is 2.12. The summed E-state index contributed by atoms with van der Waals surface area (Å²) in [7, 11) is 0. The van der Waals surface area contributed by atoms with E-state index in [2.05, 4.69) is 9.88 Å². The fourth-order valence-electron chi connectivity index (χ4n) is 2.53. The molecule has 1 fully saturated rings. The highest BCUT2D eigenvalue weighted by atomic mass is 32.1. The van der Waals surface area contributed by atoms with Gasteiger partial charge < -0.3 is 10.6 Å². The Labute approximate surface area is 109 Å². The van der Waals surface area contributed by atoms with E-state index in [0.29, 0.717) is 10.6 Å². The van der Waals surface area contributed by atoms with Crippen LogP contribution in [0.3, 0.4) is 0 Å². The number of nitrogens with two attached hydrogens (primary N) is 1. The molecule has 1 aliphatic heterocycles. The van der Waals surface area contributed by atoms with Gasteiger partial charge in [-0.3, -0.25) is 4.79 Å². The number of aromatic nitrogens is 1. The fourth-order valence-corrected chi connectivity index (χ4v) is 3.43. The minimum absolute atomic E-state index is 0.582. The summed E-state index contributed by atoms with van der Waals surface area (Å²) in [6, 6.07) is 2.01. The zero-order valence-electron chi connectivity index (χ0n) is 10.1. The van der Waals surface area contributed by atoms with Gasteiger partial charge in [0.2, 0.25) is 0 Å². The zero-order chi connectivity index (χ0) is 12.5. The van der Waals surface area contributed by atoms with Crippen LogP contribution in [0.5, 0.6) is 0 Å². The molecule has 4 nitrogen and oxygen atoms in total.